The summed E-state index contributed by atoms with van der Waals surface area (Å²) in [6, 6.07) is 11.3. The van der Waals surface area contributed by atoms with Gasteiger partial charge in [0.05, 0.1) is 6.20 Å². The number of nitrogens with one attached hydrogen (secondary N) is 1. The van der Waals surface area contributed by atoms with Crippen LogP contribution < -0.4 is 5.32 Å². The molecule has 0 atom stereocenters. The van der Waals surface area contributed by atoms with Crippen LogP contribution in [0, 0.1) is 11.6 Å². The topological polar surface area (TPSA) is 37.8 Å². The van der Waals surface area contributed by atoms with Crippen molar-refractivity contribution in [3.8, 4) is 0 Å². The zero-order valence-electron chi connectivity index (χ0n) is 11.2. The third-order valence-electron chi connectivity index (χ3n) is 3.20. The molecule has 0 spiro atoms. The summed E-state index contributed by atoms with van der Waals surface area (Å²) in [6.45, 7) is 0.519. The van der Waals surface area contributed by atoms with Crippen LogP contribution in [0.25, 0.3) is 10.8 Å². The second-order valence-corrected chi connectivity index (χ2v) is 4.73. The second kappa shape index (κ2) is 5.83. The van der Waals surface area contributed by atoms with Crippen LogP contribution in [0.5, 0.6) is 0 Å². The lowest BCUT2D eigenvalue weighted by molar-refractivity contribution is 0.580. The summed E-state index contributed by atoms with van der Waals surface area (Å²) in [5.74, 6) is -0.449. The van der Waals surface area contributed by atoms with Crippen molar-refractivity contribution < 1.29 is 8.78 Å². The first-order valence-electron chi connectivity index (χ1n) is 6.61. The number of hydrogen-bond acceptors (Lipinski definition) is 3. The number of rotatable bonds is 4. The number of anilines is 1. The standard InChI is InChI=1S/C16H13F2N3/c17-13-7-11(8-14(18)9-13)5-6-19-16-15-4-2-1-3-12(15)10-20-21-16/h1-4,7-10H,5-6H2,(H,19,21). The minimum absolute atomic E-state index is 0.500. The minimum Gasteiger partial charge on any atom is -0.368 e. The molecule has 1 N–H and O–H groups in total. The van der Waals surface area contributed by atoms with Crippen LogP contribution in [0.2, 0.25) is 0 Å². The van der Waals surface area contributed by atoms with E-state index in [1.807, 2.05) is 24.3 Å². The molecule has 3 aromatic rings. The van der Waals surface area contributed by atoms with Gasteiger partial charge in [-0.2, -0.15) is 5.10 Å². The Bertz CT molecular complexity index is 749. The lowest BCUT2D eigenvalue weighted by Crippen LogP contribution is -2.07. The highest BCUT2D eigenvalue weighted by atomic mass is 19.1. The Morgan fingerprint density at radius 3 is 2.57 bits per heavy atom. The molecule has 0 bridgehead atoms. The van der Waals surface area contributed by atoms with Crippen molar-refractivity contribution in [2.24, 2.45) is 0 Å². The Morgan fingerprint density at radius 2 is 1.76 bits per heavy atom. The normalized spacial score (nSPS) is 10.8. The smallest absolute Gasteiger partial charge is 0.156 e. The number of nitrogens with zero attached hydrogens (tertiary/aromatic N) is 2. The average molecular weight is 285 g/mol. The van der Waals surface area contributed by atoms with Gasteiger partial charge in [-0.25, -0.2) is 8.78 Å². The average Bonchev–Trinajstić information content (AvgIpc) is 2.46. The van der Waals surface area contributed by atoms with Crippen molar-refractivity contribution in [1.82, 2.24) is 10.2 Å². The van der Waals surface area contributed by atoms with E-state index in [4.69, 9.17) is 0 Å². The van der Waals surface area contributed by atoms with Gasteiger partial charge in [-0.3, -0.25) is 0 Å². The van der Waals surface area contributed by atoms with Crippen LogP contribution >= 0.6 is 0 Å². The first-order valence-corrected chi connectivity index (χ1v) is 6.61. The third kappa shape index (κ3) is 3.13. The highest BCUT2D eigenvalue weighted by Gasteiger charge is 2.04. The summed E-state index contributed by atoms with van der Waals surface area (Å²) in [5, 5.41) is 13.1. The van der Waals surface area contributed by atoms with E-state index in [1.54, 1.807) is 6.20 Å². The van der Waals surface area contributed by atoms with Gasteiger partial charge in [0.25, 0.3) is 0 Å². The van der Waals surface area contributed by atoms with Gasteiger partial charge in [-0.05, 0) is 24.1 Å². The molecule has 1 heterocycles. The predicted molar refractivity (Wildman–Crippen MR) is 78.1 cm³/mol. The fourth-order valence-electron chi connectivity index (χ4n) is 2.24. The van der Waals surface area contributed by atoms with Crippen LogP contribution in [0.3, 0.4) is 0 Å². The quantitative estimate of drug-likeness (QED) is 0.796. The Labute approximate surface area is 120 Å². The van der Waals surface area contributed by atoms with Crippen LogP contribution in [0.15, 0.2) is 48.7 Å². The zero-order chi connectivity index (χ0) is 14.7. The van der Waals surface area contributed by atoms with E-state index in [1.165, 1.54) is 12.1 Å². The Hall–Kier alpha value is -2.56. The van der Waals surface area contributed by atoms with Gasteiger partial charge < -0.3 is 5.32 Å². The number of fused-ring (bicyclic) bond motifs is 1. The first kappa shape index (κ1) is 13.4. The first-order chi connectivity index (χ1) is 10.2. The van der Waals surface area contributed by atoms with Gasteiger partial charge in [0.15, 0.2) is 5.82 Å². The maximum atomic E-state index is 13.1. The molecule has 0 fully saturated rings. The van der Waals surface area contributed by atoms with E-state index in [0.29, 0.717) is 24.3 Å². The van der Waals surface area contributed by atoms with Gasteiger partial charge in [0.2, 0.25) is 0 Å². The van der Waals surface area contributed by atoms with Gasteiger partial charge in [-0.1, -0.05) is 24.3 Å². The van der Waals surface area contributed by atoms with Crippen LogP contribution in [0.4, 0.5) is 14.6 Å². The third-order valence-corrected chi connectivity index (χ3v) is 3.20. The lowest BCUT2D eigenvalue weighted by Gasteiger charge is -2.08. The van der Waals surface area contributed by atoms with Crippen molar-refractivity contribution in [2.75, 3.05) is 11.9 Å². The number of aromatic nitrogens is 2. The molecular weight excluding hydrogens is 272 g/mol. The zero-order valence-corrected chi connectivity index (χ0v) is 11.2. The molecule has 0 saturated heterocycles. The van der Waals surface area contributed by atoms with Crippen molar-refractivity contribution in [2.45, 2.75) is 6.42 Å². The van der Waals surface area contributed by atoms with E-state index >= 15 is 0 Å². The van der Waals surface area contributed by atoms with Crippen molar-refractivity contribution in [3.63, 3.8) is 0 Å². The molecular formula is C16H13F2N3. The van der Waals surface area contributed by atoms with Gasteiger partial charge >= 0.3 is 0 Å². The molecule has 0 unspecified atom stereocenters. The molecule has 0 amide bonds. The second-order valence-electron chi connectivity index (χ2n) is 4.73. The Balaban J connectivity index is 1.72. The molecule has 106 valence electrons. The fourth-order valence-corrected chi connectivity index (χ4v) is 2.24. The maximum Gasteiger partial charge on any atom is 0.156 e. The summed E-state index contributed by atoms with van der Waals surface area (Å²) < 4.78 is 26.2. The Morgan fingerprint density at radius 1 is 1.00 bits per heavy atom. The SMILES string of the molecule is Fc1cc(F)cc(CCNc2nncc3ccccc23)c1. The van der Waals surface area contributed by atoms with Gasteiger partial charge in [0, 0.05) is 23.4 Å². The summed E-state index contributed by atoms with van der Waals surface area (Å²) in [7, 11) is 0. The summed E-state index contributed by atoms with van der Waals surface area (Å²) in [5.41, 5.74) is 0.605. The van der Waals surface area contributed by atoms with E-state index < -0.39 is 11.6 Å². The molecule has 0 aliphatic rings. The van der Waals surface area contributed by atoms with Gasteiger partial charge in [0.1, 0.15) is 11.6 Å². The number of hydrogen-bond donors (Lipinski definition) is 1. The summed E-state index contributed by atoms with van der Waals surface area (Å²) >= 11 is 0. The lowest BCUT2D eigenvalue weighted by atomic mass is 10.1. The fraction of sp³-hybridized carbons (Fsp3) is 0.125. The molecule has 1 aromatic heterocycles. The van der Waals surface area contributed by atoms with Gasteiger partial charge in [-0.15, -0.1) is 5.10 Å². The molecule has 5 heteroatoms. The molecule has 0 aliphatic heterocycles. The van der Waals surface area contributed by atoms with Crippen molar-refractivity contribution in [3.05, 3.63) is 65.9 Å². The summed E-state index contributed by atoms with van der Waals surface area (Å²) in [4.78, 5) is 0. The maximum absolute atomic E-state index is 13.1. The largest absolute Gasteiger partial charge is 0.368 e. The van der Waals surface area contributed by atoms with E-state index in [2.05, 4.69) is 15.5 Å². The molecule has 0 radical (unpaired) electrons. The van der Waals surface area contributed by atoms with Crippen LogP contribution in [-0.2, 0) is 6.42 Å². The van der Waals surface area contributed by atoms with Crippen molar-refractivity contribution >= 4 is 16.6 Å². The van der Waals surface area contributed by atoms with E-state index in [0.717, 1.165) is 16.8 Å². The molecule has 21 heavy (non-hydrogen) atoms. The van der Waals surface area contributed by atoms with E-state index in [-0.39, 0.29) is 0 Å². The predicted octanol–water partition coefficient (Wildman–Crippen LogP) is 3.56. The molecule has 2 aromatic carbocycles. The van der Waals surface area contributed by atoms with Crippen molar-refractivity contribution in [1.29, 1.82) is 0 Å². The molecule has 0 aliphatic carbocycles. The highest BCUT2D eigenvalue weighted by molar-refractivity contribution is 5.90. The Kier molecular flexibility index (Phi) is 3.73. The van der Waals surface area contributed by atoms with Crippen LogP contribution in [-0.4, -0.2) is 16.7 Å². The summed E-state index contributed by atoms with van der Waals surface area (Å²) in [6.07, 6.45) is 2.20. The highest BCUT2D eigenvalue weighted by Crippen LogP contribution is 2.19. The van der Waals surface area contributed by atoms with E-state index in [9.17, 15) is 8.78 Å². The number of benzene rings is 2. The van der Waals surface area contributed by atoms with Crippen LogP contribution in [0.1, 0.15) is 5.56 Å². The molecule has 3 nitrogen and oxygen atoms in total. The molecule has 3 rings (SSSR count). The molecule has 0 saturated carbocycles. The number of halogens is 2. The monoisotopic (exact) mass is 285 g/mol. The minimum atomic E-state index is -0.560.